The summed E-state index contributed by atoms with van der Waals surface area (Å²) in [5, 5.41) is 31.2. The van der Waals surface area contributed by atoms with E-state index in [1.54, 1.807) is 6.07 Å². The normalized spacial score (nSPS) is 11.4. The van der Waals surface area contributed by atoms with Crippen LogP contribution in [0.5, 0.6) is 0 Å². The van der Waals surface area contributed by atoms with Gasteiger partial charge in [-0.15, -0.1) is 0 Å². The maximum Gasteiger partial charge on any atom is 0.303 e. The number of rotatable bonds is 7. The lowest BCUT2D eigenvalue weighted by Gasteiger charge is -2.12. The Balaban J connectivity index is 2.63. The molecule has 0 radical (unpaired) electrons. The Bertz CT molecular complexity index is 551. The molecule has 1 rings (SSSR count). The van der Waals surface area contributed by atoms with Gasteiger partial charge in [-0.2, -0.15) is 5.26 Å². The Kier molecular flexibility index (Phi) is 5.47. The molecule has 20 heavy (non-hydrogen) atoms. The van der Waals surface area contributed by atoms with Crippen LogP contribution in [0.2, 0.25) is 0 Å². The summed E-state index contributed by atoms with van der Waals surface area (Å²) in [6.45, 7) is 2.45. The van der Waals surface area contributed by atoms with Crippen molar-refractivity contribution >= 4 is 17.3 Å². The fourth-order valence-electron chi connectivity index (χ4n) is 1.66. The summed E-state index contributed by atoms with van der Waals surface area (Å²) in [5.41, 5.74) is 0.379. The third-order valence-electron chi connectivity index (χ3n) is 2.82. The van der Waals surface area contributed by atoms with Crippen LogP contribution in [0.1, 0.15) is 25.3 Å². The van der Waals surface area contributed by atoms with Crippen LogP contribution >= 0.6 is 0 Å². The second kappa shape index (κ2) is 7.09. The van der Waals surface area contributed by atoms with Gasteiger partial charge in [-0.1, -0.05) is 6.92 Å². The molecule has 0 fully saturated rings. The van der Waals surface area contributed by atoms with Crippen molar-refractivity contribution in [3.63, 3.8) is 0 Å². The van der Waals surface area contributed by atoms with Gasteiger partial charge in [0.25, 0.3) is 5.69 Å². The van der Waals surface area contributed by atoms with Gasteiger partial charge in [0.15, 0.2) is 0 Å². The molecular formula is C13H15N3O4. The van der Waals surface area contributed by atoms with Crippen LogP contribution in [0.25, 0.3) is 0 Å². The zero-order valence-corrected chi connectivity index (χ0v) is 11.0. The highest BCUT2D eigenvalue weighted by atomic mass is 16.6. The number of carboxylic acids is 1. The standard InChI is InChI=1S/C13H15N3O4/c1-9(2-5-13(17)18)8-15-11-3-4-12(16(19)20)10(6-11)7-14/h3-4,6,9,15H,2,5,8H2,1H3,(H,17,18). The fourth-order valence-corrected chi connectivity index (χ4v) is 1.66. The second-order valence-electron chi connectivity index (χ2n) is 4.52. The first-order valence-corrected chi connectivity index (χ1v) is 6.08. The summed E-state index contributed by atoms with van der Waals surface area (Å²) >= 11 is 0. The fraction of sp³-hybridized carbons (Fsp3) is 0.385. The Hall–Kier alpha value is -2.62. The van der Waals surface area contributed by atoms with E-state index in [9.17, 15) is 14.9 Å². The molecule has 2 N–H and O–H groups in total. The highest BCUT2D eigenvalue weighted by molar-refractivity contribution is 5.66. The van der Waals surface area contributed by atoms with Crippen LogP contribution in [-0.2, 0) is 4.79 Å². The number of nitrogens with one attached hydrogen (secondary N) is 1. The summed E-state index contributed by atoms with van der Waals surface area (Å²) in [4.78, 5) is 20.5. The predicted octanol–water partition coefficient (Wildman–Crippen LogP) is 2.38. The number of nitro benzene ring substituents is 1. The first-order valence-electron chi connectivity index (χ1n) is 6.08. The number of nitrogens with zero attached hydrogens (tertiary/aromatic N) is 2. The van der Waals surface area contributed by atoms with Crippen molar-refractivity contribution in [1.82, 2.24) is 0 Å². The third-order valence-corrected chi connectivity index (χ3v) is 2.82. The molecule has 1 atom stereocenters. The lowest BCUT2D eigenvalue weighted by Crippen LogP contribution is -2.13. The van der Waals surface area contributed by atoms with Crippen molar-refractivity contribution in [2.75, 3.05) is 11.9 Å². The van der Waals surface area contributed by atoms with Gasteiger partial charge in [-0.3, -0.25) is 14.9 Å². The lowest BCUT2D eigenvalue weighted by molar-refractivity contribution is -0.385. The average Bonchev–Trinajstić information content (AvgIpc) is 2.42. The van der Waals surface area contributed by atoms with Gasteiger partial charge in [0, 0.05) is 24.7 Å². The summed E-state index contributed by atoms with van der Waals surface area (Å²) in [5.74, 6) is -0.689. The average molecular weight is 277 g/mol. The van der Waals surface area contributed by atoms with Gasteiger partial charge in [-0.25, -0.2) is 0 Å². The number of anilines is 1. The molecule has 1 aromatic carbocycles. The van der Waals surface area contributed by atoms with E-state index >= 15 is 0 Å². The Morgan fingerprint density at radius 1 is 1.60 bits per heavy atom. The zero-order chi connectivity index (χ0) is 15.1. The van der Waals surface area contributed by atoms with Crippen LogP contribution in [-0.4, -0.2) is 22.5 Å². The van der Waals surface area contributed by atoms with Gasteiger partial charge in [0.2, 0.25) is 0 Å². The molecule has 7 nitrogen and oxygen atoms in total. The number of benzene rings is 1. The molecule has 0 aliphatic rings. The number of carboxylic acid groups (broad SMARTS) is 1. The molecule has 0 heterocycles. The molecule has 0 aliphatic carbocycles. The minimum Gasteiger partial charge on any atom is -0.481 e. The maximum atomic E-state index is 10.7. The Morgan fingerprint density at radius 3 is 2.85 bits per heavy atom. The van der Waals surface area contributed by atoms with E-state index in [4.69, 9.17) is 10.4 Å². The topological polar surface area (TPSA) is 116 Å². The van der Waals surface area contributed by atoms with E-state index in [1.165, 1.54) is 18.2 Å². The molecule has 0 saturated heterocycles. The molecule has 1 unspecified atom stereocenters. The van der Waals surface area contributed by atoms with Crippen molar-refractivity contribution in [2.45, 2.75) is 19.8 Å². The van der Waals surface area contributed by atoms with E-state index in [2.05, 4.69) is 5.32 Å². The minimum absolute atomic E-state index is 0.00168. The highest BCUT2D eigenvalue weighted by Crippen LogP contribution is 2.22. The number of hydrogen-bond donors (Lipinski definition) is 2. The molecule has 0 spiro atoms. The molecule has 106 valence electrons. The van der Waals surface area contributed by atoms with Crippen molar-refractivity contribution in [3.8, 4) is 6.07 Å². The molecule has 7 heteroatoms. The van der Waals surface area contributed by atoms with Gasteiger partial charge in [-0.05, 0) is 24.5 Å². The highest BCUT2D eigenvalue weighted by Gasteiger charge is 2.14. The first-order chi connectivity index (χ1) is 9.43. The quantitative estimate of drug-likeness (QED) is 0.583. The number of carbonyl (C=O) groups is 1. The van der Waals surface area contributed by atoms with Crippen molar-refractivity contribution in [1.29, 1.82) is 5.26 Å². The number of nitro groups is 1. The van der Waals surface area contributed by atoms with Crippen LogP contribution in [0.3, 0.4) is 0 Å². The lowest BCUT2D eigenvalue weighted by atomic mass is 10.1. The van der Waals surface area contributed by atoms with E-state index < -0.39 is 10.9 Å². The SMILES string of the molecule is CC(CCC(=O)O)CNc1ccc([N+](=O)[O-])c(C#N)c1. The van der Waals surface area contributed by atoms with Crippen LogP contribution in [0.15, 0.2) is 18.2 Å². The van der Waals surface area contributed by atoms with Crippen molar-refractivity contribution in [3.05, 3.63) is 33.9 Å². The predicted molar refractivity (Wildman–Crippen MR) is 72.3 cm³/mol. The molecule has 0 bridgehead atoms. The number of aliphatic carboxylic acids is 1. The molecule has 0 amide bonds. The first kappa shape index (κ1) is 15.4. The minimum atomic E-state index is -0.834. The van der Waals surface area contributed by atoms with Gasteiger partial charge in [0.05, 0.1) is 4.92 Å². The molecule has 1 aromatic rings. The van der Waals surface area contributed by atoms with E-state index in [0.717, 1.165) is 0 Å². The largest absolute Gasteiger partial charge is 0.481 e. The van der Waals surface area contributed by atoms with Crippen LogP contribution in [0.4, 0.5) is 11.4 Å². The van der Waals surface area contributed by atoms with Gasteiger partial charge in [0.1, 0.15) is 11.6 Å². The smallest absolute Gasteiger partial charge is 0.303 e. The molecule has 0 aromatic heterocycles. The van der Waals surface area contributed by atoms with E-state index in [-0.39, 0.29) is 23.6 Å². The monoisotopic (exact) mass is 277 g/mol. The van der Waals surface area contributed by atoms with Crippen LogP contribution in [0, 0.1) is 27.4 Å². The summed E-state index contributed by atoms with van der Waals surface area (Å²) in [7, 11) is 0. The number of nitriles is 1. The van der Waals surface area contributed by atoms with E-state index in [1.807, 2.05) is 6.92 Å². The second-order valence-corrected chi connectivity index (χ2v) is 4.52. The van der Waals surface area contributed by atoms with Gasteiger partial charge >= 0.3 is 5.97 Å². The zero-order valence-electron chi connectivity index (χ0n) is 11.0. The summed E-state index contributed by atoms with van der Waals surface area (Å²) in [6, 6.07) is 6.02. The van der Waals surface area contributed by atoms with Gasteiger partial charge < -0.3 is 10.4 Å². The molecule has 0 aliphatic heterocycles. The van der Waals surface area contributed by atoms with Crippen molar-refractivity contribution in [2.24, 2.45) is 5.92 Å². The number of hydrogen-bond acceptors (Lipinski definition) is 5. The summed E-state index contributed by atoms with van der Waals surface area (Å²) < 4.78 is 0. The van der Waals surface area contributed by atoms with Crippen LogP contribution < -0.4 is 5.32 Å². The third kappa shape index (κ3) is 4.57. The van der Waals surface area contributed by atoms with Crippen molar-refractivity contribution < 1.29 is 14.8 Å². The maximum absolute atomic E-state index is 10.7. The summed E-state index contributed by atoms with van der Waals surface area (Å²) in [6.07, 6.45) is 0.646. The Labute approximate surface area is 116 Å². The Morgan fingerprint density at radius 2 is 2.30 bits per heavy atom. The molecular weight excluding hydrogens is 262 g/mol. The van der Waals surface area contributed by atoms with E-state index in [0.29, 0.717) is 18.7 Å². The molecule has 0 saturated carbocycles.